The number of aliphatic carboxylic acids is 1. The first-order valence-corrected chi connectivity index (χ1v) is 8.28. The number of hydrogen-bond acceptors (Lipinski definition) is 3. The molecular weight excluding hydrogens is 292 g/mol. The largest absolute Gasteiger partial charge is 0.480 e. The molecule has 1 aromatic carbocycles. The number of piperidine rings is 1. The van der Waals surface area contributed by atoms with E-state index < -0.39 is 5.97 Å². The van der Waals surface area contributed by atoms with Crippen molar-refractivity contribution in [1.82, 2.24) is 10.2 Å². The molecule has 1 amide bonds. The molecule has 1 fully saturated rings. The number of benzene rings is 1. The van der Waals surface area contributed by atoms with Crippen molar-refractivity contribution in [3.8, 4) is 0 Å². The van der Waals surface area contributed by atoms with Crippen LogP contribution in [0.5, 0.6) is 0 Å². The summed E-state index contributed by atoms with van der Waals surface area (Å²) in [7, 11) is 1.68. The monoisotopic (exact) mass is 316 g/mol. The predicted molar refractivity (Wildman–Crippen MR) is 87.5 cm³/mol. The summed E-state index contributed by atoms with van der Waals surface area (Å²) in [6.07, 6.45) is 3.48. The summed E-state index contributed by atoms with van der Waals surface area (Å²) in [6, 6.07) is 8.48. The molecule has 0 bridgehead atoms. The van der Waals surface area contributed by atoms with Gasteiger partial charge in [-0.2, -0.15) is 0 Å². The molecule has 0 radical (unpaired) electrons. The van der Waals surface area contributed by atoms with Gasteiger partial charge in [0.1, 0.15) is 0 Å². The van der Waals surface area contributed by atoms with E-state index in [0.717, 1.165) is 32.4 Å². The van der Waals surface area contributed by atoms with Gasteiger partial charge in [0, 0.05) is 13.5 Å². The molecule has 3 rings (SSSR count). The lowest BCUT2D eigenvalue weighted by Gasteiger charge is -2.40. The maximum atomic E-state index is 11.8. The fraction of sp³-hybridized carbons (Fsp3) is 0.556. The molecule has 1 saturated heterocycles. The number of amides is 1. The van der Waals surface area contributed by atoms with Crippen LogP contribution in [-0.2, 0) is 15.0 Å². The molecule has 1 aliphatic heterocycles. The molecule has 1 heterocycles. The van der Waals surface area contributed by atoms with E-state index in [1.165, 1.54) is 11.1 Å². The highest BCUT2D eigenvalue weighted by Crippen LogP contribution is 2.52. The quantitative estimate of drug-likeness (QED) is 0.887. The van der Waals surface area contributed by atoms with Gasteiger partial charge in [0.05, 0.1) is 6.54 Å². The molecule has 1 unspecified atom stereocenters. The highest BCUT2D eigenvalue weighted by atomic mass is 16.4. The Morgan fingerprint density at radius 1 is 1.30 bits per heavy atom. The van der Waals surface area contributed by atoms with Crippen molar-refractivity contribution < 1.29 is 14.7 Å². The van der Waals surface area contributed by atoms with Gasteiger partial charge in [-0.3, -0.25) is 14.5 Å². The van der Waals surface area contributed by atoms with Crippen LogP contribution >= 0.6 is 0 Å². The van der Waals surface area contributed by atoms with E-state index in [-0.39, 0.29) is 23.8 Å². The summed E-state index contributed by atoms with van der Waals surface area (Å²) in [5.41, 5.74) is 2.80. The average molecular weight is 316 g/mol. The van der Waals surface area contributed by atoms with Gasteiger partial charge >= 0.3 is 5.97 Å². The molecule has 1 spiro atoms. The molecule has 1 aromatic rings. The summed E-state index contributed by atoms with van der Waals surface area (Å²) < 4.78 is 0. The van der Waals surface area contributed by atoms with Gasteiger partial charge in [-0.15, -0.1) is 0 Å². The van der Waals surface area contributed by atoms with Crippen molar-refractivity contribution in [3.05, 3.63) is 35.4 Å². The SMILES string of the molecule is CNC(=O)CC1CC2(CCN(CC(=O)O)CC2)c2ccccc21. The zero-order valence-electron chi connectivity index (χ0n) is 13.5. The van der Waals surface area contributed by atoms with Crippen LogP contribution in [0.1, 0.15) is 42.7 Å². The van der Waals surface area contributed by atoms with E-state index in [1.807, 2.05) is 11.0 Å². The van der Waals surface area contributed by atoms with Gasteiger partial charge in [0.15, 0.2) is 0 Å². The average Bonchev–Trinajstić information content (AvgIpc) is 2.84. The Labute approximate surface area is 136 Å². The first-order chi connectivity index (χ1) is 11.0. The number of nitrogens with one attached hydrogen (secondary N) is 1. The molecule has 124 valence electrons. The van der Waals surface area contributed by atoms with Crippen molar-refractivity contribution >= 4 is 11.9 Å². The Balaban J connectivity index is 1.79. The predicted octanol–water partition coefficient (Wildman–Crippen LogP) is 1.73. The molecule has 23 heavy (non-hydrogen) atoms. The van der Waals surface area contributed by atoms with E-state index in [4.69, 9.17) is 5.11 Å². The van der Waals surface area contributed by atoms with Crippen LogP contribution in [0.2, 0.25) is 0 Å². The smallest absolute Gasteiger partial charge is 0.317 e. The summed E-state index contributed by atoms with van der Waals surface area (Å²) >= 11 is 0. The van der Waals surface area contributed by atoms with Crippen molar-refractivity contribution in [2.24, 2.45) is 0 Å². The minimum absolute atomic E-state index is 0.0881. The first-order valence-electron chi connectivity index (χ1n) is 8.28. The van der Waals surface area contributed by atoms with E-state index >= 15 is 0 Å². The minimum Gasteiger partial charge on any atom is -0.480 e. The Kier molecular flexibility index (Phi) is 4.39. The summed E-state index contributed by atoms with van der Waals surface area (Å²) in [5.74, 6) is -0.396. The second kappa shape index (κ2) is 6.32. The van der Waals surface area contributed by atoms with Gasteiger partial charge in [0.2, 0.25) is 5.91 Å². The Hall–Kier alpha value is -1.88. The number of hydrogen-bond donors (Lipinski definition) is 2. The number of carbonyl (C=O) groups excluding carboxylic acids is 1. The Morgan fingerprint density at radius 3 is 2.65 bits per heavy atom. The number of nitrogens with zero attached hydrogens (tertiary/aromatic N) is 1. The number of likely N-dealkylation sites (tertiary alicyclic amines) is 1. The lowest BCUT2D eigenvalue weighted by Crippen LogP contribution is -2.43. The zero-order valence-corrected chi connectivity index (χ0v) is 13.5. The molecule has 1 atom stereocenters. The lowest BCUT2D eigenvalue weighted by molar-refractivity contribution is -0.138. The number of carboxylic acids is 1. The molecule has 2 aliphatic rings. The number of rotatable bonds is 4. The molecule has 2 N–H and O–H groups in total. The molecule has 5 nitrogen and oxygen atoms in total. The third kappa shape index (κ3) is 3.11. The molecule has 5 heteroatoms. The fourth-order valence-electron chi connectivity index (χ4n) is 4.34. The summed E-state index contributed by atoms with van der Waals surface area (Å²) in [5, 5.41) is 11.7. The van der Waals surface area contributed by atoms with Crippen LogP contribution in [0.4, 0.5) is 0 Å². The van der Waals surface area contributed by atoms with E-state index in [2.05, 4.69) is 23.5 Å². The third-order valence-corrected chi connectivity index (χ3v) is 5.49. The lowest BCUT2D eigenvalue weighted by atomic mass is 9.73. The van der Waals surface area contributed by atoms with Crippen molar-refractivity contribution in [2.45, 2.75) is 37.0 Å². The van der Waals surface area contributed by atoms with Crippen LogP contribution in [0.3, 0.4) is 0 Å². The van der Waals surface area contributed by atoms with Crippen molar-refractivity contribution in [1.29, 1.82) is 0 Å². The molecule has 0 saturated carbocycles. The van der Waals surface area contributed by atoms with Gasteiger partial charge in [-0.25, -0.2) is 0 Å². The summed E-state index contributed by atoms with van der Waals surface area (Å²) in [4.78, 5) is 24.8. The van der Waals surface area contributed by atoms with E-state index in [0.29, 0.717) is 6.42 Å². The molecule has 0 aromatic heterocycles. The van der Waals surface area contributed by atoms with Crippen molar-refractivity contribution in [2.75, 3.05) is 26.7 Å². The maximum absolute atomic E-state index is 11.8. The topological polar surface area (TPSA) is 69.6 Å². The van der Waals surface area contributed by atoms with Crippen molar-refractivity contribution in [3.63, 3.8) is 0 Å². The highest BCUT2D eigenvalue weighted by molar-refractivity contribution is 5.77. The number of fused-ring (bicyclic) bond motifs is 2. The van der Waals surface area contributed by atoms with Crippen LogP contribution in [0.25, 0.3) is 0 Å². The number of carbonyl (C=O) groups is 2. The van der Waals surface area contributed by atoms with Crippen LogP contribution < -0.4 is 5.32 Å². The molecular formula is C18H24N2O3. The third-order valence-electron chi connectivity index (χ3n) is 5.49. The zero-order chi connectivity index (χ0) is 16.4. The maximum Gasteiger partial charge on any atom is 0.317 e. The second-order valence-electron chi connectivity index (χ2n) is 6.82. The molecule has 1 aliphatic carbocycles. The van der Waals surface area contributed by atoms with Crippen LogP contribution in [-0.4, -0.2) is 48.6 Å². The standard InChI is InChI=1S/C18H24N2O3/c1-19-16(21)10-13-11-18(15-5-3-2-4-14(13)15)6-8-20(9-7-18)12-17(22)23/h2-5,13H,6-12H2,1H3,(H,19,21)(H,22,23). The summed E-state index contributed by atoms with van der Waals surface area (Å²) in [6.45, 7) is 1.75. The normalized spacial score (nSPS) is 22.7. The van der Waals surface area contributed by atoms with E-state index in [9.17, 15) is 9.59 Å². The van der Waals surface area contributed by atoms with Crippen LogP contribution in [0, 0.1) is 0 Å². The van der Waals surface area contributed by atoms with Crippen LogP contribution in [0.15, 0.2) is 24.3 Å². The fourth-order valence-corrected chi connectivity index (χ4v) is 4.34. The van der Waals surface area contributed by atoms with Gasteiger partial charge in [0.25, 0.3) is 0 Å². The second-order valence-corrected chi connectivity index (χ2v) is 6.82. The number of carboxylic acid groups (broad SMARTS) is 1. The van der Waals surface area contributed by atoms with E-state index in [1.54, 1.807) is 7.05 Å². The highest BCUT2D eigenvalue weighted by Gasteiger charge is 2.45. The Bertz CT molecular complexity index is 606. The van der Waals surface area contributed by atoms with Gasteiger partial charge < -0.3 is 10.4 Å². The first kappa shape index (κ1) is 16.0. The Morgan fingerprint density at radius 2 is 2.00 bits per heavy atom. The minimum atomic E-state index is -0.759. The van der Waals surface area contributed by atoms with Gasteiger partial charge in [-0.05, 0) is 54.8 Å². The van der Waals surface area contributed by atoms with Gasteiger partial charge in [-0.1, -0.05) is 24.3 Å².